The van der Waals surface area contributed by atoms with Crippen molar-refractivity contribution in [3.05, 3.63) is 35.0 Å². The number of aromatic nitrogens is 2. The van der Waals surface area contributed by atoms with Gasteiger partial charge in [-0.2, -0.15) is 22.6 Å². The predicted octanol–water partition coefficient (Wildman–Crippen LogP) is 2.40. The molecule has 0 saturated carbocycles. The van der Waals surface area contributed by atoms with Crippen LogP contribution in [0.3, 0.4) is 0 Å². The highest BCUT2D eigenvalue weighted by molar-refractivity contribution is 7.99. The van der Waals surface area contributed by atoms with E-state index in [4.69, 9.17) is 10.2 Å². The number of hydrogen-bond donors (Lipinski definition) is 3. The number of nitrogens with one attached hydrogen (secondary N) is 1. The number of piperidine rings is 2. The summed E-state index contributed by atoms with van der Waals surface area (Å²) < 4.78 is 70.4. The van der Waals surface area contributed by atoms with Gasteiger partial charge in [0.15, 0.2) is 0 Å². The molecule has 3 N–H and O–H groups in total. The molecule has 47 heavy (non-hydrogen) atoms. The number of benzene rings is 1. The summed E-state index contributed by atoms with van der Waals surface area (Å²) >= 11 is 1.12. The van der Waals surface area contributed by atoms with E-state index >= 15 is 0 Å². The lowest BCUT2D eigenvalue weighted by Gasteiger charge is -2.32. The Hall–Kier alpha value is -2.21. The topological polar surface area (TPSA) is 131 Å². The van der Waals surface area contributed by atoms with Crippen LogP contribution in [-0.4, -0.2) is 125 Å². The second-order valence-corrected chi connectivity index (χ2v) is 15.8. The molecule has 1 aromatic heterocycles. The number of alkyl halides is 3. The Kier molecular flexibility index (Phi) is 11.9. The largest absolute Gasteiger partial charge is 0.417 e. The highest BCUT2D eigenvalue weighted by Crippen LogP contribution is 2.40. The molecular weight excluding hydrogens is 658 g/mol. The molecule has 0 unspecified atom stereocenters. The molecule has 11 nitrogen and oxygen atoms in total. The Morgan fingerprint density at radius 2 is 1.81 bits per heavy atom. The van der Waals surface area contributed by atoms with Crippen LogP contribution in [0.1, 0.15) is 48.9 Å². The van der Waals surface area contributed by atoms with Crippen LogP contribution in [0.5, 0.6) is 0 Å². The van der Waals surface area contributed by atoms with Crippen molar-refractivity contribution in [2.24, 2.45) is 0 Å². The first-order chi connectivity index (χ1) is 22.3. The smallest absolute Gasteiger partial charge is 0.390 e. The minimum Gasteiger partial charge on any atom is -0.390 e. The summed E-state index contributed by atoms with van der Waals surface area (Å²) in [5.41, 5.74) is 1.61. The normalized spacial score (nSPS) is 19.9. The summed E-state index contributed by atoms with van der Waals surface area (Å²) in [6.07, 6.45) is 1.02. The average molecular weight is 703 g/mol. The van der Waals surface area contributed by atoms with Crippen molar-refractivity contribution in [3.63, 3.8) is 0 Å². The number of carbonyl (C=O) groups is 1. The number of halogens is 3. The molecule has 1 aromatic carbocycles. The molecule has 0 radical (unpaired) electrons. The molecule has 5 rings (SSSR count). The zero-order chi connectivity index (χ0) is 33.8. The van der Waals surface area contributed by atoms with Crippen LogP contribution in [0.4, 0.5) is 13.2 Å². The van der Waals surface area contributed by atoms with E-state index in [-0.39, 0.29) is 30.6 Å². The highest BCUT2D eigenvalue weighted by atomic mass is 32.2. The van der Waals surface area contributed by atoms with Gasteiger partial charge in [0, 0.05) is 79.2 Å². The molecule has 1 amide bonds. The Bertz CT molecular complexity index is 1490. The van der Waals surface area contributed by atoms with E-state index in [1.165, 1.54) is 22.9 Å². The Balaban J connectivity index is 1.35. The number of amides is 1. The molecule has 2 saturated heterocycles. The third kappa shape index (κ3) is 9.49. The number of aliphatic hydroxyl groups excluding tert-OH is 2. The third-order valence-corrected chi connectivity index (χ3v) is 11.5. The first-order valence-corrected chi connectivity index (χ1v) is 19.1. The van der Waals surface area contributed by atoms with Crippen LogP contribution >= 0.6 is 11.8 Å². The Labute approximate surface area is 278 Å². The molecule has 4 heterocycles. The maximum absolute atomic E-state index is 14.1. The van der Waals surface area contributed by atoms with E-state index in [2.05, 4.69) is 15.1 Å². The van der Waals surface area contributed by atoms with Gasteiger partial charge in [-0.15, -0.1) is 11.8 Å². The van der Waals surface area contributed by atoms with E-state index in [0.717, 1.165) is 55.7 Å². The summed E-state index contributed by atoms with van der Waals surface area (Å²) in [4.78, 5) is 15.9. The van der Waals surface area contributed by atoms with Gasteiger partial charge in [-0.05, 0) is 50.9 Å². The van der Waals surface area contributed by atoms with Crippen molar-refractivity contribution in [2.45, 2.75) is 74.8 Å². The fourth-order valence-corrected chi connectivity index (χ4v) is 8.62. The number of carbonyl (C=O) groups excluding carboxylic acids is 1. The monoisotopic (exact) mass is 702 g/mol. The van der Waals surface area contributed by atoms with Crippen LogP contribution in [0.25, 0.3) is 11.3 Å². The molecule has 3 aliphatic rings. The zero-order valence-corrected chi connectivity index (χ0v) is 28.3. The number of likely N-dealkylation sites (tertiary alicyclic amines) is 2. The van der Waals surface area contributed by atoms with Gasteiger partial charge in [-0.25, -0.2) is 8.42 Å². The van der Waals surface area contributed by atoms with E-state index < -0.39 is 40.4 Å². The minimum absolute atomic E-state index is 0.0256. The predicted molar refractivity (Wildman–Crippen MR) is 173 cm³/mol. The molecule has 2 aromatic rings. The van der Waals surface area contributed by atoms with Crippen molar-refractivity contribution in [2.75, 3.05) is 64.4 Å². The molecular formula is C31H45F3N6O5S2. The van der Waals surface area contributed by atoms with Crippen molar-refractivity contribution < 1.29 is 36.6 Å². The van der Waals surface area contributed by atoms with Gasteiger partial charge in [-0.1, -0.05) is 12.5 Å². The lowest BCUT2D eigenvalue weighted by atomic mass is 10.0. The number of aliphatic hydroxyl groups is 2. The number of hydrogen-bond acceptors (Lipinski definition) is 9. The fourth-order valence-electron chi connectivity index (χ4n) is 6.71. The van der Waals surface area contributed by atoms with Gasteiger partial charge in [0.25, 0.3) is 0 Å². The molecule has 1 atom stereocenters. The first-order valence-electron chi connectivity index (χ1n) is 16.2. The quantitative estimate of drug-likeness (QED) is 0.286. The van der Waals surface area contributed by atoms with E-state index in [1.54, 1.807) is 4.68 Å². The lowest BCUT2D eigenvalue weighted by molar-refractivity contribution is -0.139. The Morgan fingerprint density at radius 3 is 2.47 bits per heavy atom. The number of fused-ring (bicyclic) bond motifs is 1. The van der Waals surface area contributed by atoms with Crippen molar-refractivity contribution >= 4 is 27.7 Å². The fraction of sp³-hybridized carbons (Fsp3) is 0.677. The lowest BCUT2D eigenvalue weighted by Crippen LogP contribution is -2.45. The maximum atomic E-state index is 14.1. The van der Waals surface area contributed by atoms with Gasteiger partial charge in [-0.3, -0.25) is 9.48 Å². The molecule has 3 aliphatic heterocycles. The number of rotatable bonds is 12. The second-order valence-electron chi connectivity index (χ2n) is 12.7. The number of sulfonamides is 1. The van der Waals surface area contributed by atoms with Gasteiger partial charge < -0.3 is 25.3 Å². The van der Waals surface area contributed by atoms with Crippen LogP contribution < -0.4 is 5.32 Å². The summed E-state index contributed by atoms with van der Waals surface area (Å²) in [5, 5.41) is 27.5. The SMILES string of the molecule is CS(=O)(=O)N1CCc2c(c(-c3ccc(C(F)(F)F)c(SCCN4CCC(NC(=O)CO)CC4)c3)nn2C[C@H](O)CN2CCCCC2)C1. The van der Waals surface area contributed by atoms with Crippen molar-refractivity contribution in [3.8, 4) is 11.3 Å². The third-order valence-electron chi connectivity index (χ3n) is 9.19. The maximum Gasteiger partial charge on any atom is 0.417 e. The van der Waals surface area contributed by atoms with Crippen molar-refractivity contribution in [1.82, 2.24) is 29.2 Å². The van der Waals surface area contributed by atoms with Crippen LogP contribution in [0.2, 0.25) is 0 Å². The summed E-state index contributed by atoms with van der Waals surface area (Å²) in [7, 11) is -3.52. The molecule has 0 aliphatic carbocycles. The molecule has 16 heteroatoms. The van der Waals surface area contributed by atoms with E-state index in [0.29, 0.717) is 68.0 Å². The summed E-state index contributed by atoms with van der Waals surface area (Å²) in [5.74, 6) is -0.000532. The number of nitrogens with zero attached hydrogens (tertiary/aromatic N) is 5. The molecule has 2 fully saturated rings. The Morgan fingerprint density at radius 1 is 1.09 bits per heavy atom. The van der Waals surface area contributed by atoms with Crippen LogP contribution in [0.15, 0.2) is 23.1 Å². The average Bonchev–Trinajstić information content (AvgIpc) is 3.38. The molecule has 0 spiro atoms. The van der Waals surface area contributed by atoms with Gasteiger partial charge in [0.05, 0.1) is 30.2 Å². The minimum atomic E-state index is -4.56. The standard InChI is InChI=1S/C31H45F3N6O5S2/c1-47(44,45)39-14-9-27-25(20-39)30(36-40(27)19-24(42)18-38-10-3-2-4-11-38)22-5-6-26(31(32,33)34)28(17-22)46-16-15-37-12-7-23(8-13-37)35-29(43)21-41/h5-6,17,23-24,41-42H,2-4,7-16,18-21H2,1H3,(H,35,43)/t24-/m1/s1. The van der Waals surface area contributed by atoms with E-state index in [9.17, 15) is 31.5 Å². The van der Waals surface area contributed by atoms with E-state index in [1.807, 2.05) is 0 Å². The summed E-state index contributed by atoms with van der Waals surface area (Å²) in [6.45, 7) is 4.26. The van der Waals surface area contributed by atoms with Gasteiger partial charge in [0.1, 0.15) is 6.61 Å². The zero-order valence-electron chi connectivity index (χ0n) is 26.7. The van der Waals surface area contributed by atoms with Crippen molar-refractivity contribution in [1.29, 1.82) is 0 Å². The first kappa shape index (κ1) is 36.1. The van der Waals surface area contributed by atoms with Gasteiger partial charge in [0.2, 0.25) is 15.9 Å². The highest BCUT2D eigenvalue weighted by Gasteiger charge is 2.35. The van der Waals surface area contributed by atoms with Crippen LogP contribution in [0, 0.1) is 0 Å². The number of thioether (sulfide) groups is 1. The van der Waals surface area contributed by atoms with Gasteiger partial charge >= 0.3 is 6.18 Å². The van der Waals surface area contributed by atoms with Crippen LogP contribution in [-0.2, 0) is 40.5 Å². The number of β-amino-alcohol motifs (C(OH)–C–C–N with tert-alkyl or cyclic N) is 1. The summed E-state index contributed by atoms with van der Waals surface area (Å²) in [6, 6.07) is 3.94. The molecule has 262 valence electrons. The second kappa shape index (κ2) is 15.6. The molecule has 0 bridgehead atoms.